The van der Waals surface area contributed by atoms with Crippen molar-refractivity contribution >= 4 is 5.90 Å². The van der Waals surface area contributed by atoms with E-state index in [2.05, 4.69) is 4.99 Å². The van der Waals surface area contributed by atoms with E-state index in [1.54, 1.807) is 18.2 Å². The fourth-order valence-electron chi connectivity index (χ4n) is 2.00. The zero-order valence-electron chi connectivity index (χ0n) is 9.71. The van der Waals surface area contributed by atoms with Crippen LogP contribution in [0.5, 0.6) is 0 Å². The van der Waals surface area contributed by atoms with Crippen molar-refractivity contribution in [2.75, 3.05) is 6.61 Å². The summed E-state index contributed by atoms with van der Waals surface area (Å²) in [5.74, 6) is 0.0897. The SMILES string of the molecule is Fc1ccccc1C1=N[C@@H](c2ccccc2)CO1. The standard InChI is InChI=1S/C15H12FNO/c16-13-9-5-4-8-12(13)15-17-14(10-18-15)11-6-2-1-3-7-11/h1-9,14H,10H2/t14-/m1/s1. The van der Waals surface area contributed by atoms with Crippen molar-refractivity contribution in [1.82, 2.24) is 0 Å². The van der Waals surface area contributed by atoms with Gasteiger partial charge in [0.25, 0.3) is 0 Å². The van der Waals surface area contributed by atoms with Crippen molar-refractivity contribution in [1.29, 1.82) is 0 Å². The Morgan fingerprint density at radius 1 is 1.00 bits per heavy atom. The van der Waals surface area contributed by atoms with Gasteiger partial charge in [0.15, 0.2) is 0 Å². The molecule has 0 aliphatic carbocycles. The number of nitrogens with zero attached hydrogens (tertiary/aromatic N) is 1. The molecule has 18 heavy (non-hydrogen) atoms. The van der Waals surface area contributed by atoms with Crippen LogP contribution in [0, 0.1) is 5.82 Å². The highest BCUT2D eigenvalue weighted by molar-refractivity contribution is 5.95. The van der Waals surface area contributed by atoms with Crippen molar-refractivity contribution in [3.05, 3.63) is 71.5 Å². The lowest BCUT2D eigenvalue weighted by Gasteiger charge is -2.03. The van der Waals surface area contributed by atoms with Gasteiger partial charge < -0.3 is 4.74 Å². The van der Waals surface area contributed by atoms with Crippen LogP contribution in [0.1, 0.15) is 17.2 Å². The predicted molar refractivity (Wildman–Crippen MR) is 68.1 cm³/mol. The highest BCUT2D eigenvalue weighted by Crippen LogP contribution is 2.25. The maximum Gasteiger partial charge on any atom is 0.219 e. The molecule has 2 aromatic carbocycles. The number of hydrogen-bond acceptors (Lipinski definition) is 2. The molecule has 0 amide bonds. The van der Waals surface area contributed by atoms with Crippen LogP contribution in [0.3, 0.4) is 0 Å². The van der Waals surface area contributed by atoms with E-state index in [1.165, 1.54) is 6.07 Å². The Labute approximate surface area is 105 Å². The average Bonchev–Trinajstić information content (AvgIpc) is 2.90. The molecule has 0 saturated carbocycles. The summed E-state index contributed by atoms with van der Waals surface area (Å²) in [6, 6.07) is 16.4. The minimum atomic E-state index is -0.301. The van der Waals surface area contributed by atoms with Gasteiger partial charge in [-0.1, -0.05) is 42.5 Å². The first-order valence-corrected chi connectivity index (χ1v) is 5.85. The first-order valence-electron chi connectivity index (χ1n) is 5.85. The Bertz CT molecular complexity index is 580. The molecule has 1 aliphatic heterocycles. The number of halogens is 1. The number of benzene rings is 2. The van der Waals surface area contributed by atoms with Crippen molar-refractivity contribution in [2.24, 2.45) is 4.99 Å². The topological polar surface area (TPSA) is 21.6 Å². The normalized spacial score (nSPS) is 18.3. The van der Waals surface area contributed by atoms with E-state index in [4.69, 9.17) is 4.74 Å². The predicted octanol–water partition coefficient (Wildman–Crippen LogP) is 3.34. The molecule has 1 atom stereocenters. The zero-order valence-corrected chi connectivity index (χ0v) is 9.71. The number of hydrogen-bond donors (Lipinski definition) is 0. The van der Waals surface area contributed by atoms with Gasteiger partial charge >= 0.3 is 0 Å². The Hall–Kier alpha value is -2.16. The highest BCUT2D eigenvalue weighted by atomic mass is 19.1. The fraction of sp³-hybridized carbons (Fsp3) is 0.133. The van der Waals surface area contributed by atoms with Gasteiger partial charge in [-0.2, -0.15) is 0 Å². The van der Waals surface area contributed by atoms with Crippen LogP contribution in [0.4, 0.5) is 4.39 Å². The molecule has 0 spiro atoms. The average molecular weight is 241 g/mol. The van der Waals surface area contributed by atoms with Gasteiger partial charge in [-0.15, -0.1) is 0 Å². The van der Waals surface area contributed by atoms with E-state index in [0.717, 1.165) is 5.56 Å². The summed E-state index contributed by atoms with van der Waals surface area (Å²) in [5.41, 5.74) is 1.51. The summed E-state index contributed by atoms with van der Waals surface area (Å²) in [6.07, 6.45) is 0. The van der Waals surface area contributed by atoms with Crippen LogP contribution in [0.15, 0.2) is 59.6 Å². The lowest BCUT2D eigenvalue weighted by Crippen LogP contribution is -2.03. The third-order valence-corrected chi connectivity index (χ3v) is 2.94. The minimum absolute atomic E-state index is 0.0409. The molecule has 3 rings (SSSR count). The fourth-order valence-corrected chi connectivity index (χ4v) is 2.00. The van der Waals surface area contributed by atoms with Gasteiger partial charge in [-0.3, -0.25) is 0 Å². The summed E-state index contributed by atoms with van der Waals surface area (Å²) in [4.78, 5) is 4.44. The molecule has 90 valence electrons. The molecule has 0 unspecified atom stereocenters. The highest BCUT2D eigenvalue weighted by Gasteiger charge is 2.22. The molecule has 0 bridgehead atoms. The second-order valence-electron chi connectivity index (χ2n) is 4.15. The minimum Gasteiger partial charge on any atom is -0.475 e. The molecule has 0 saturated heterocycles. The van der Waals surface area contributed by atoms with E-state index < -0.39 is 0 Å². The van der Waals surface area contributed by atoms with Crippen molar-refractivity contribution < 1.29 is 9.13 Å². The Balaban J connectivity index is 1.91. The molecule has 2 nitrogen and oxygen atoms in total. The van der Waals surface area contributed by atoms with Gasteiger partial charge in [-0.25, -0.2) is 9.38 Å². The van der Waals surface area contributed by atoms with Gasteiger partial charge in [0.1, 0.15) is 18.5 Å². The van der Waals surface area contributed by atoms with Crippen LogP contribution < -0.4 is 0 Å². The largest absolute Gasteiger partial charge is 0.475 e. The lowest BCUT2D eigenvalue weighted by atomic mass is 10.1. The third kappa shape index (κ3) is 1.99. The maximum absolute atomic E-state index is 13.6. The van der Waals surface area contributed by atoms with Crippen LogP contribution in [0.2, 0.25) is 0 Å². The monoisotopic (exact) mass is 241 g/mol. The zero-order chi connectivity index (χ0) is 12.4. The number of aliphatic imine (C=N–C) groups is 1. The third-order valence-electron chi connectivity index (χ3n) is 2.94. The molecule has 0 fully saturated rings. The summed E-state index contributed by atoms with van der Waals surface area (Å²) < 4.78 is 19.1. The molecule has 1 aliphatic rings. The van der Waals surface area contributed by atoms with E-state index in [0.29, 0.717) is 18.1 Å². The molecular weight excluding hydrogens is 229 g/mol. The van der Waals surface area contributed by atoms with Gasteiger partial charge in [0.05, 0.1) is 5.56 Å². The number of ether oxygens (including phenoxy) is 1. The van der Waals surface area contributed by atoms with Crippen molar-refractivity contribution in [2.45, 2.75) is 6.04 Å². The molecule has 2 aromatic rings. The first kappa shape index (κ1) is 11.0. The first-order chi connectivity index (χ1) is 8.84. The van der Waals surface area contributed by atoms with E-state index >= 15 is 0 Å². The van der Waals surface area contributed by atoms with Crippen LogP contribution in [-0.2, 0) is 4.74 Å². The van der Waals surface area contributed by atoms with Gasteiger partial charge in [-0.05, 0) is 17.7 Å². The second-order valence-corrected chi connectivity index (χ2v) is 4.15. The molecule has 1 heterocycles. The van der Waals surface area contributed by atoms with Gasteiger partial charge in [0.2, 0.25) is 5.90 Å². The number of rotatable bonds is 2. The van der Waals surface area contributed by atoms with E-state index in [-0.39, 0.29) is 11.9 Å². The summed E-state index contributed by atoms with van der Waals surface area (Å²) in [6.45, 7) is 0.466. The van der Waals surface area contributed by atoms with Crippen molar-refractivity contribution in [3.8, 4) is 0 Å². The van der Waals surface area contributed by atoms with Crippen LogP contribution in [-0.4, -0.2) is 12.5 Å². The second kappa shape index (κ2) is 4.61. The molecule has 3 heteroatoms. The summed E-state index contributed by atoms with van der Waals surface area (Å²) in [5, 5.41) is 0. The summed E-state index contributed by atoms with van der Waals surface area (Å²) in [7, 11) is 0. The summed E-state index contributed by atoms with van der Waals surface area (Å²) >= 11 is 0. The molecule has 0 N–H and O–H groups in total. The molecule has 0 radical (unpaired) electrons. The van der Waals surface area contributed by atoms with Crippen LogP contribution >= 0.6 is 0 Å². The lowest BCUT2D eigenvalue weighted by molar-refractivity contribution is 0.319. The van der Waals surface area contributed by atoms with E-state index in [1.807, 2.05) is 30.3 Å². The smallest absolute Gasteiger partial charge is 0.219 e. The van der Waals surface area contributed by atoms with Gasteiger partial charge in [0, 0.05) is 0 Å². The Morgan fingerprint density at radius 2 is 1.72 bits per heavy atom. The maximum atomic E-state index is 13.6. The van der Waals surface area contributed by atoms with Crippen molar-refractivity contribution in [3.63, 3.8) is 0 Å². The Morgan fingerprint density at radius 3 is 2.50 bits per heavy atom. The molecular formula is C15H12FNO. The quantitative estimate of drug-likeness (QED) is 0.790. The molecule has 0 aromatic heterocycles. The Kier molecular flexibility index (Phi) is 2.81. The van der Waals surface area contributed by atoms with Crippen LogP contribution in [0.25, 0.3) is 0 Å². The van der Waals surface area contributed by atoms with E-state index in [9.17, 15) is 4.39 Å².